The van der Waals surface area contributed by atoms with Gasteiger partial charge in [0.15, 0.2) is 0 Å². The van der Waals surface area contributed by atoms with Crippen LogP contribution < -0.4 is 4.90 Å². The van der Waals surface area contributed by atoms with Crippen LogP contribution in [0.4, 0.5) is 10.5 Å². The number of carbonyl (C=O) groups is 1. The van der Waals surface area contributed by atoms with Crippen LogP contribution in [0.3, 0.4) is 0 Å². The van der Waals surface area contributed by atoms with Crippen molar-refractivity contribution in [1.29, 1.82) is 0 Å². The van der Waals surface area contributed by atoms with Gasteiger partial charge in [0.25, 0.3) is 0 Å². The number of hydrogen-bond donors (Lipinski definition) is 0. The maximum atomic E-state index is 12.5. The number of ether oxygens (including phenoxy) is 1. The molecule has 2 aromatic rings. The summed E-state index contributed by atoms with van der Waals surface area (Å²) in [5, 5.41) is 0. The van der Waals surface area contributed by atoms with Gasteiger partial charge in [-0.25, -0.2) is 4.79 Å². The molecule has 0 unspecified atom stereocenters. The Morgan fingerprint density at radius 2 is 1.64 bits per heavy atom. The Morgan fingerprint density at radius 1 is 1.05 bits per heavy atom. The quantitative estimate of drug-likeness (QED) is 0.733. The summed E-state index contributed by atoms with van der Waals surface area (Å²) in [6.45, 7) is 6.07. The SMILES string of the molecule is CC(C)(C)OC(=O)N(Cc1ccccc1)c1ccc(Br)cc1. The van der Waals surface area contributed by atoms with Crippen molar-refractivity contribution >= 4 is 27.7 Å². The minimum Gasteiger partial charge on any atom is -0.443 e. The molecule has 0 bridgehead atoms. The van der Waals surface area contributed by atoms with Crippen molar-refractivity contribution in [2.24, 2.45) is 0 Å². The van der Waals surface area contributed by atoms with Gasteiger partial charge in [-0.2, -0.15) is 0 Å². The summed E-state index contributed by atoms with van der Waals surface area (Å²) in [7, 11) is 0. The van der Waals surface area contributed by atoms with Crippen molar-refractivity contribution in [3.05, 3.63) is 64.6 Å². The molecule has 0 aliphatic heterocycles. The molecule has 0 aromatic heterocycles. The monoisotopic (exact) mass is 361 g/mol. The summed E-state index contributed by atoms with van der Waals surface area (Å²) in [6.07, 6.45) is -0.348. The molecule has 22 heavy (non-hydrogen) atoms. The molecule has 0 saturated carbocycles. The summed E-state index contributed by atoms with van der Waals surface area (Å²) in [5.41, 5.74) is 1.33. The molecule has 0 radical (unpaired) electrons. The Balaban J connectivity index is 2.27. The van der Waals surface area contributed by atoms with Gasteiger partial charge < -0.3 is 4.74 Å². The molecule has 0 N–H and O–H groups in total. The van der Waals surface area contributed by atoms with Crippen LogP contribution in [0.5, 0.6) is 0 Å². The van der Waals surface area contributed by atoms with Gasteiger partial charge in [-0.15, -0.1) is 0 Å². The average Bonchev–Trinajstić information content (AvgIpc) is 2.45. The van der Waals surface area contributed by atoms with Crippen LogP contribution in [-0.2, 0) is 11.3 Å². The van der Waals surface area contributed by atoms with E-state index in [1.807, 2.05) is 75.4 Å². The Hall–Kier alpha value is -1.81. The van der Waals surface area contributed by atoms with Crippen molar-refractivity contribution in [2.45, 2.75) is 32.9 Å². The first kappa shape index (κ1) is 16.6. The lowest BCUT2D eigenvalue weighted by Crippen LogP contribution is -2.36. The van der Waals surface area contributed by atoms with E-state index in [-0.39, 0.29) is 6.09 Å². The Labute approximate surface area is 140 Å². The molecule has 0 atom stereocenters. The van der Waals surface area contributed by atoms with E-state index in [4.69, 9.17) is 4.74 Å². The first-order valence-corrected chi connectivity index (χ1v) is 7.94. The van der Waals surface area contributed by atoms with E-state index < -0.39 is 5.60 Å². The number of nitrogens with zero attached hydrogens (tertiary/aromatic N) is 1. The molecule has 1 amide bonds. The van der Waals surface area contributed by atoms with Gasteiger partial charge in [-0.1, -0.05) is 46.3 Å². The summed E-state index contributed by atoms with van der Waals surface area (Å²) >= 11 is 3.41. The van der Waals surface area contributed by atoms with Crippen LogP contribution in [0.15, 0.2) is 59.1 Å². The van der Waals surface area contributed by atoms with Gasteiger partial charge in [-0.3, -0.25) is 4.90 Å². The number of carbonyl (C=O) groups excluding carboxylic acids is 1. The van der Waals surface area contributed by atoms with Crippen LogP contribution in [0.2, 0.25) is 0 Å². The van der Waals surface area contributed by atoms with E-state index in [0.29, 0.717) is 6.54 Å². The first-order valence-electron chi connectivity index (χ1n) is 7.15. The maximum Gasteiger partial charge on any atom is 0.415 e. The molecule has 0 aliphatic carbocycles. The lowest BCUT2D eigenvalue weighted by molar-refractivity contribution is 0.0577. The molecule has 0 aliphatic rings. The van der Waals surface area contributed by atoms with E-state index in [1.54, 1.807) is 4.90 Å². The summed E-state index contributed by atoms with van der Waals surface area (Å²) in [6, 6.07) is 17.5. The van der Waals surface area contributed by atoms with Gasteiger partial charge in [0.05, 0.1) is 6.54 Å². The van der Waals surface area contributed by atoms with E-state index >= 15 is 0 Å². The van der Waals surface area contributed by atoms with Crippen LogP contribution in [0, 0.1) is 0 Å². The standard InChI is InChI=1S/C18H20BrNO2/c1-18(2,3)22-17(21)20(13-14-7-5-4-6-8-14)16-11-9-15(19)10-12-16/h4-12H,13H2,1-3H3. The molecule has 3 nitrogen and oxygen atoms in total. The zero-order valence-electron chi connectivity index (χ0n) is 13.0. The first-order chi connectivity index (χ1) is 10.3. The minimum atomic E-state index is -0.526. The largest absolute Gasteiger partial charge is 0.443 e. The van der Waals surface area contributed by atoms with Gasteiger partial charge in [-0.05, 0) is 50.6 Å². The van der Waals surface area contributed by atoms with Crippen LogP contribution in [-0.4, -0.2) is 11.7 Å². The maximum absolute atomic E-state index is 12.5. The third-order valence-electron chi connectivity index (χ3n) is 2.94. The predicted molar refractivity (Wildman–Crippen MR) is 93.0 cm³/mol. The highest BCUT2D eigenvalue weighted by molar-refractivity contribution is 9.10. The topological polar surface area (TPSA) is 29.5 Å². The molecular formula is C18H20BrNO2. The van der Waals surface area contributed by atoms with Crippen molar-refractivity contribution in [2.75, 3.05) is 4.90 Å². The van der Waals surface area contributed by atoms with Crippen LogP contribution >= 0.6 is 15.9 Å². The van der Waals surface area contributed by atoms with E-state index in [0.717, 1.165) is 15.7 Å². The summed E-state index contributed by atoms with van der Waals surface area (Å²) in [4.78, 5) is 14.2. The number of anilines is 1. The van der Waals surface area contributed by atoms with Gasteiger partial charge in [0.2, 0.25) is 0 Å². The second-order valence-corrected chi connectivity index (χ2v) is 6.94. The average molecular weight is 362 g/mol. The van der Waals surface area contributed by atoms with Gasteiger partial charge in [0.1, 0.15) is 5.60 Å². The van der Waals surface area contributed by atoms with E-state index in [2.05, 4.69) is 15.9 Å². The molecule has 0 saturated heterocycles. The molecule has 116 valence electrons. The number of hydrogen-bond acceptors (Lipinski definition) is 2. The second-order valence-electron chi connectivity index (χ2n) is 6.03. The molecule has 0 heterocycles. The molecule has 4 heteroatoms. The smallest absolute Gasteiger partial charge is 0.415 e. The predicted octanol–water partition coefficient (Wildman–Crippen LogP) is 5.39. The van der Waals surface area contributed by atoms with Crippen molar-refractivity contribution in [1.82, 2.24) is 0 Å². The third kappa shape index (κ3) is 4.88. The molecular weight excluding hydrogens is 342 g/mol. The lowest BCUT2D eigenvalue weighted by Gasteiger charge is -2.27. The Kier molecular flexibility index (Phi) is 5.24. The zero-order valence-corrected chi connectivity index (χ0v) is 14.6. The number of amides is 1. The third-order valence-corrected chi connectivity index (χ3v) is 3.46. The zero-order chi connectivity index (χ0) is 16.2. The van der Waals surface area contributed by atoms with Crippen LogP contribution in [0.25, 0.3) is 0 Å². The van der Waals surface area contributed by atoms with Crippen molar-refractivity contribution < 1.29 is 9.53 Å². The highest BCUT2D eigenvalue weighted by atomic mass is 79.9. The highest BCUT2D eigenvalue weighted by Crippen LogP contribution is 2.23. The van der Waals surface area contributed by atoms with E-state index in [9.17, 15) is 4.79 Å². The number of halogens is 1. The van der Waals surface area contributed by atoms with Crippen LogP contribution in [0.1, 0.15) is 26.3 Å². The second kappa shape index (κ2) is 6.97. The molecule has 2 aromatic carbocycles. The van der Waals surface area contributed by atoms with Gasteiger partial charge >= 0.3 is 6.09 Å². The fraction of sp³-hybridized carbons (Fsp3) is 0.278. The van der Waals surface area contributed by atoms with Crippen molar-refractivity contribution in [3.8, 4) is 0 Å². The molecule has 0 spiro atoms. The minimum absolute atomic E-state index is 0.348. The number of benzene rings is 2. The fourth-order valence-corrected chi connectivity index (χ4v) is 2.23. The van der Waals surface area contributed by atoms with Crippen molar-refractivity contribution in [3.63, 3.8) is 0 Å². The Bertz CT molecular complexity index is 618. The number of rotatable bonds is 3. The van der Waals surface area contributed by atoms with Gasteiger partial charge in [0, 0.05) is 10.2 Å². The molecule has 2 rings (SSSR count). The van der Waals surface area contributed by atoms with E-state index in [1.165, 1.54) is 0 Å². The summed E-state index contributed by atoms with van der Waals surface area (Å²) < 4.78 is 6.50. The highest BCUT2D eigenvalue weighted by Gasteiger charge is 2.23. The lowest BCUT2D eigenvalue weighted by atomic mass is 10.2. The summed E-state index contributed by atoms with van der Waals surface area (Å²) in [5.74, 6) is 0. The molecule has 0 fully saturated rings. The normalized spacial score (nSPS) is 11.1. The fourth-order valence-electron chi connectivity index (χ4n) is 1.97. The Morgan fingerprint density at radius 3 is 2.18 bits per heavy atom.